The Labute approximate surface area is 180 Å². The van der Waals surface area contributed by atoms with E-state index in [0.717, 1.165) is 62.0 Å². The third-order valence-electron chi connectivity index (χ3n) is 6.81. The van der Waals surface area contributed by atoms with E-state index in [2.05, 4.69) is 17.9 Å². The molecule has 0 amide bonds. The van der Waals surface area contributed by atoms with Crippen molar-refractivity contribution in [2.75, 3.05) is 13.1 Å². The molecule has 0 spiro atoms. The van der Waals surface area contributed by atoms with Crippen molar-refractivity contribution >= 4 is 11.0 Å². The van der Waals surface area contributed by atoms with Gasteiger partial charge in [0.2, 0.25) is 0 Å². The number of fused-ring (bicyclic) bond motifs is 5. The number of phenolic OH excluding ortho intramolecular Hbond substituents is 1. The molecule has 1 fully saturated rings. The highest BCUT2D eigenvalue weighted by Crippen LogP contribution is 2.37. The minimum absolute atomic E-state index is 0.0775. The summed E-state index contributed by atoms with van der Waals surface area (Å²) < 4.78 is 7.54. The molecular formula is C25H28N2O4. The van der Waals surface area contributed by atoms with Gasteiger partial charge in [-0.15, -0.1) is 0 Å². The molecule has 0 radical (unpaired) electrons. The van der Waals surface area contributed by atoms with Crippen LogP contribution in [0.2, 0.25) is 0 Å². The summed E-state index contributed by atoms with van der Waals surface area (Å²) in [6, 6.07) is 10.7. The fourth-order valence-electron chi connectivity index (χ4n) is 5.41. The highest BCUT2D eigenvalue weighted by atomic mass is 16.4. The van der Waals surface area contributed by atoms with Crippen molar-refractivity contribution < 1.29 is 9.52 Å². The monoisotopic (exact) mass is 420 g/mol. The van der Waals surface area contributed by atoms with E-state index in [1.807, 2.05) is 16.7 Å². The summed E-state index contributed by atoms with van der Waals surface area (Å²) in [4.78, 5) is 26.9. The van der Waals surface area contributed by atoms with Gasteiger partial charge in [0.25, 0.3) is 5.56 Å². The Morgan fingerprint density at radius 3 is 2.84 bits per heavy atom. The zero-order valence-corrected chi connectivity index (χ0v) is 17.8. The molecule has 2 aliphatic rings. The number of pyridine rings is 1. The molecule has 1 N–H and O–H groups in total. The molecule has 2 bridgehead atoms. The molecular weight excluding hydrogens is 392 g/mol. The third kappa shape index (κ3) is 3.69. The average molecular weight is 421 g/mol. The second-order valence-electron chi connectivity index (χ2n) is 9.03. The summed E-state index contributed by atoms with van der Waals surface area (Å²) in [5.74, 6) is 0.858. The molecule has 31 heavy (non-hydrogen) atoms. The number of unbranched alkanes of at least 4 members (excludes halogenated alkanes) is 1. The minimum atomic E-state index is -0.366. The molecule has 4 heterocycles. The van der Waals surface area contributed by atoms with E-state index in [4.69, 9.17) is 4.42 Å². The molecule has 162 valence electrons. The number of hydrogen-bond donors (Lipinski definition) is 1. The smallest absolute Gasteiger partial charge is 0.336 e. The van der Waals surface area contributed by atoms with Gasteiger partial charge in [-0.3, -0.25) is 9.69 Å². The summed E-state index contributed by atoms with van der Waals surface area (Å²) in [6.07, 6.45) is 3.96. The van der Waals surface area contributed by atoms with E-state index in [0.29, 0.717) is 29.5 Å². The SMILES string of the molecule is CCCCc1cc(=O)oc2c(CN3CC4CC(C3)c3cccc(=O)n3C4)c(O)ccc12. The van der Waals surface area contributed by atoms with Crippen LogP contribution in [-0.2, 0) is 19.5 Å². The summed E-state index contributed by atoms with van der Waals surface area (Å²) in [5.41, 5.74) is 2.98. The Hall–Kier alpha value is -2.86. The third-order valence-corrected chi connectivity index (χ3v) is 6.81. The molecule has 1 saturated heterocycles. The number of benzene rings is 1. The van der Waals surface area contributed by atoms with Gasteiger partial charge in [-0.05, 0) is 48.9 Å². The molecule has 6 nitrogen and oxygen atoms in total. The van der Waals surface area contributed by atoms with Gasteiger partial charge < -0.3 is 14.1 Å². The van der Waals surface area contributed by atoms with Crippen LogP contribution in [0.4, 0.5) is 0 Å². The Morgan fingerprint density at radius 1 is 1.13 bits per heavy atom. The molecule has 2 aliphatic heterocycles. The minimum Gasteiger partial charge on any atom is -0.507 e. The fraction of sp³-hybridized carbons (Fsp3) is 0.440. The van der Waals surface area contributed by atoms with Gasteiger partial charge in [-0.1, -0.05) is 19.4 Å². The molecule has 5 rings (SSSR count). The quantitative estimate of drug-likeness (QED) is 0.638. The number of aryl methyl sites for hydroxylation is 1. The summed E-state index contributed by atoms with van der Waals surface area (Å²) in [7, 11) is 0. The molecule has 0 aliphatic carbocycles. The van der Waals surface area contributed by atoms with Crippen molar-refractivity contribution in [3.05, 3.63) is 74.0 Å². The van der Waals surface area contributed by atoms with E-state index >= 15 is 0 Å². The van der Waals surface area contributed by atoms with Gasteiger partial charge in [0, 0.05) is 55.3 Å². The van der Waals surface area contributed by atoms with Crippen molar-refractivity contribution in [3.63, 3.8) is 0 Å². The van der Waals surface area contributed by atoms with E-state index in [9.17, 15) is 14.7 Å². The first-order valence-electron chi connectivity index (χ1n) is 11.2. The van der Waals surface area contributed by atoms with Crippen LogP contribution in [0.15, 0.2) is 50.4 Å². The maximum absolute atomic E-state index is 12.3. The number of phenols is 1. The predicted octanol–water partition coefficient (Wildman–Crippen LogP) is 3.62. The van der Waals surface area contributed by atoms with Gasteiger partial charge >= 0.3 is 5.63 Å². The normalized spacial score (nSPS) is 20.7. The number of likely N-dealkylation sites (tertiary alicyclic amines) is 1. The molecule has 2 unspecified atom stereocenters. The number of piperidine rings is 1. The number of hydrogen-bond acceptors (Lipinski definition) is 5. The first kappa shape index (κ1) is 20.1. The lowest BCUT2D eigenvalue weighted by atomic mass is 9.83. The fourth-order valence-corrected chi connectivity index (χ4v) is 5.41. The van der Waals surface area contributed by atoms with Gasteiger partial charge in [-0.2, -0.15) is 0 Å². The highest BCUT2D eigenvalue weighted by Gasteiger charge is 2.35. The van der Waals surface area contributed by atoms with Crippen LogP contribution in [0, 0.1) is 5.92 Å². The largest absolute Gasteiger partial charge is 0.507 e. The Bertz CT molecular complexity index is 1240. The van der Waals surface area contributed by atoms with E-state index < -0.39 is 0 Å². The van der Waals surface area contributed by atoms with Crippen molar-refractivity contribution in [2.24, 2.45) is 5.92 Å². The van der Waals surface area contributed by atoms with Crippen LogP contribution in [0.25, 0.3) is 11.0 Å². The van der Waals surface area contributed by atoms with Crippen LogP contribution in [-0.4, -0.2) is 27.7 Å². The highest BCUT2D eigenvalue weighted by molar-refractivity contribution is 5.85. The number of rotatable bonds is 5. The van der Waals surface area contributed by atoms with Gasteiger partial charge in [0.05, 0.1) is 5.56 Å². The number of nitrogens with zero attached hydrogens (tertiary/aromatic N) is 2. The Morgan fingerprint density at radius 2 is 2.00 bits per heavy atom. The first-order chi connectivity index (χ1) is 15.0. The van der Waals surface area contributed by atoms with Crippen LogP contribution < -0.4 is 11.2 Å². The second-order valence-corrected chi connectivity index (χ2v) is 9.03. The Balaban J connectivity index is 1.49. The maximum atomic E-state index is 12.3. The Kier molecular flexibility index (Phi) is 5.18. The number of aromatic hydroxyl groups is 1. The lowest BCUT2D eigenvalue weighted by molar-refractivity contribution is 0.113. The van der Waals surface area contributed by atoms with Gasteiger partial charge in [0.1, 0.15) is 11.3 Å². The molecule has 0 saturated carbocycles. The van der Waals surface area contributed by atoms with Crippen LogP contribution >= 0.6 is 0 Å². The number of aromatic nitrogens is 1. The van der Waals surface area contributed by atoms with E-state index in [1.54, 1.807) is 18.2 Å². The van der Waals surface area contributed by atoms with Crippen LogP contribution in [0.1, 0.15) is 48.9 Å². The van der Waals surface area contributed by atoms with Crippen molar-refractivity contribution in [1.29, 1.82) is 0 Å². The average Bonchev–Trinajstić information content (AvgIpc) is 2.75. The van der Waals surface area contributed by atoms with E-state index in [-0.39, 0.29) is 16.9 Å². The van der Waals surface area contributed by atoms with Gasteiger partial charge in [-0.25, -0.2) is 4.79 Å². The maximum Gasteiger partial charge on any atom is 0.336 e. The van der Waals surface area contributed by atoms with Crippen molar-refractivity contribution in [3.8, 4) is 5.75 Å². The molecule has 2 atom stereocenters. The van der Waals surface area contributed by atoms with E-state index in [1.165, 1.54) is 0 Å². The summed E-state index contributed by atoms with van der Waals surface area (Å²) in [5, 5.41) is 11.6. The molecule has 1 aromatic carbocycles. The van der Waals surface area contributed by atoms with Crippen LogP contribution in [0.5, 0.6) is 5.75 Å². The molecule has 3 aromatic rings. The summed E-state index contributed by atoms with van der Waals surface area (Å²) in [6.45, 7) is 5.06. The summed E-state index contributed by atoms with van der Waals surface area (Å²) >= 11 is 0. The van der Waals surface area contributed by atoms with Crippen LogP contribution in [0.3, 0.4) is 0 Å². The predicted molar refractivity (Wildman–Crippen MR) is 120 cm³/mol. The topological polar surface area (TPSA) is 75.7 Å². The second kappa shape index (κ2) is 8.00. The van der Waals surface area contributed by atoms with Crippen molar-refractivity contribution in [1.82, 2.24) is 9.47 Å². The van der Waals surface area contributed by atoms with Crippen molar-refractivity contribution in [2.45, 2.75) is 51.6 Å². The lowest BCUT2D eigenvalue weighted by Crippen LogP contribution is -2.46. The molecule has 6 heteroatoms. The first-order valence-corrected chi connectivity index (χ1v) is 11.2. The standard InChI is InChI=1S/C25H28N2O4/c1-2-3-5-17-11-24(30)31-25-19(17)8-9-22(28)20(25)15-26-12-16-10-18(14-26)21-6-4-7-23(29)27(21)13-16/h4,6-9,11,16,18,28H,2-3,5,10,12-15H2,1H3. The van der Waals surface area contributed by atoms with Gasteiger partial charge in [0.15, 0.2) is 0 Å². The molecule has 2 aromatic heterocycles. The zero-order valence-electron chi connectivity index (χ0n) is 17.8. The lowest BCUT2D eigenvalue weighted by Gasteiger charge is -2.42. The zero-order chi connectivity index (χ0) is 21.5.